The standard InChI is InChI=1S/C12H17ClN2O/c1-15(10-6-2-4-8-13)12(16)11-7-3-5-9-14-11/h3,5,7,9H,2,4,6,8,10H2,1H3. The fourth-order valence-electron chi connectivity index (χ4n) is 1.41. The van der Waals surface area contributed by atoms with Crippen LogP contribution in [0.1, 0.15) is 29.8 Å². The van der Waals surface area contributed by atoms with Crippen molar-refractivity contribution in [1.82, 2.24) is 9.88 Å². The van der Waals surface area contributed by atoms with Crippen molar-refractivity contribution in [2.24, 2.45) is 0 Å². The molecule has 4 heteroatoms. The van der Waals surface area contributed by atoms with E-state index in [4.69, 9.17) is 11.6 Å². The molecule has 0 aliphatic heterocycles. The summed E-state index contributed by atoms with van der Waals surface area (Å²) in [5.74, 6) is 0.671. The molecule has 1 amide bonds. The molecule has 0 aromatic carbocycles. The van der Waals surface area contributed by atoms with Crippen LogP contribution >= 0.6 is 11.6 Å². The third kappa shape index (κ3) is 4.19. The number of nitrogens with zero attached hydrogens (tertiary/aromatic N) is 2. The summed E-state index contributed by atoms with van der Waals surface area (Å²) in [6.07, 6.45) is 4.69. The predicted octanol–water partition coefficient (Wildman–Crippen LogP) is 2.56. The maximum atomic E-state index is 11.8. The van der Waals surface area contributed by atoms with Gasteiger partial charge in [0.15, 0.2) is 0 Å². The van der Waals surface area contributed by atoms with Crippen LogP contribution in [0.5, 0.6) is 0 Å². The van der Waals surface area contributed by atoms with Gasteiger partial charge in [0.25, 0.3) is 5.91 Å². The van der Waals surface area contributed by atoms with Gasteiger partial charge in [-0.1, -0.05) is 12.5 Å². The van der Waals surface area contributed by atoms with E-state index in [2.05, 4.69) is 4.98 Å². The number of halogens is 1. The minimum atomic E-state index is -0.0218. The molecule has 1 rings (SSSR count). The van der Waals surface area contributed by atoms with Crippen LogP contribution in [0, 0.1) is 0 Å². The molecule has 0 bridgehead atoms. The molecule has 0 aliphatic rings. The maximum Gasteiger partial charge on any atom is 0.272 e. The van der Waals surface area contributed by atoms with Gasteiger partial charge in [-0.25, -0.2) is 0 Å². The highest BCUT2D eigenvalue weighted by molar-refractivity contribution is 6.17. The van der Waals surface area contributed by atoms with Gasteiger partial charge in [-0.15, -0.1) is 11.6 Å². The normalized spacial score (nSPS) is 10.1. The third-order valence-electron chi connectivity index (χ3n) is 2.36. The van der Waals surface area contributed by atoms with Crippen LogP contribution in [0.2, 0.25) is 0 Å². The summed E-state index contributed by atoms with van der Waals surface area (Å²) in [6.45, 7) is 0.756. The van der Waals surface area contributed by atoms with Gasteiger partial charge in [0, 0.05) is 25.7 Å². The molecule has 3 nitrogen and oxygen atoms in total. The second-order valence-corrected chi connectivity index (χ2v) is 4.07. The van der Waals surface area contributed by atoms with E-state index in [0.717, 1.165) is 25.8 Å². The minimum absolute atomic E-state index is 0.0218. The second-order valence-electron chi connectivity index (χ2n) is 3.69. The Labute approximate surface area is 101 Å². The lowest BCUT2D eigenvalue weighted by molar-refractivity contribution is 0.0787. The van der Waals surface area contributed by atoms with E-state index in [1.54, 1.807) is 30.3 Å². The lowest BCUT2D eigenvalue weighted by atomic mass is 10.2. The highest BCUT2D eigenvalue weighted by Crippen LogP contribution is 2.03. The Balaban J connectivity index is 2.37. The molecule has 0 N–H and O–H groups in total. The molecular formula is C12H17ClN2O. The first kappa shape index (κ1) is 13.0. The first-order valence-corrected chi connectivity index (χ1v) is 6.01. The van der Waals surface area contributed by atoms with E-state index in [9.17, 15) is 4.79 Å². The SMILES string of the molecule is CN(CCCCCCl)C(=O)c1ccccn1. The van der Waals surface area contributed by atoms with Crippen LogP contribution in [0.3, 0.4) is 0 Å². The topological polar surface area (TPSA) is 33.2 Å². The molecule has 0 saturated carbocycles. The van der Waals surface area contributed by atoms with Gasteiger partial charge < -0.3 is 4.90 Å². The summed E-state index contributed by atoms with van der Waals surface area (Å²) in [7, 11) is 1.80. The predicted molar refractivity (Wildman–Crippen MR) is 65.8 cm³/mol. The zero-order chi connectivity index (χ0) is 11.8. The van der Waals surface area contributed by atoms with Crippen molar-refractivity contribution >= 4 is 17.5 Å². The molecule has 0 fully saturated rings. The summed E-state index contributed by atoms with van der Waals surface area (Å²) >= 11 is 5.58. The van der Waals surface area contributed by atoms with E-state index in [-0.39, 0.29) is 5.91 Å². The van der Waals surface area contributed by atoms with Crippen molar-refractivity contribution in [3.63, 3.8) is 0 Å². The molecule has 0 saturated heterocycles. The Morgan fingerprint density at radius 1 is 1.38 bits per heavy atom. The quantitative estimate of drug-likeness (QED) is 0.566. The molecule has 1 aromatic rings. The van der Waals surface area contributed by atoms with E-state index < -0.39 is 0 Å². The zero-order valence-electron chi connectivity index (χ0n) is 9.53. The van der Waals surface area contributed by atoms with Crippen LogP contribution in [0.4, 0.5) is 0 Å². The largest absolute Gasteiger partial charge is 0.340 e. The van der Waals surface area contributed by atoms with Crippen molar-refractivity contribution in [2.45, 2.75) is 19.3 Å². The number of pyridine rings is 1. The molecule has 0 atom stereocenters. The van der Waals surface area contributed by atoms with Crippen molar-refractivity contribution < 1.29 is 4.79 Å². The maximum absolute atomic E-state index is 11.8. The van der Waals surface area contributed by atoms with Gasteiger partial charge in [-0.2, -0.15) is 0 Å². The van der Waals surface area contributed by atoms with Crippen molar-refractivity contribution in [1.29, 1.82) is 0 Å². The van der Waals surface area contributed by atoms with Gasteiger partial charge >= 0.3 is 0 Å². The fourth-order valence-corrected chi connectivity index (χ4v) is 1.60. The Morgan fingerprint density at radius 2 is 2.19 bits per heavy atom. The van der Waals surface area contributed by atoms with Gasteiger partial charge in [0.2, 0.25) is 0 Å². The Morgan fingerprint density at radius 3 is 2.81 bits per heavy atom. The van der Waals surface area contributed by atoms with E-state index in [1.807, 2.05) is 6.07 Å². The average molecular weight is 241 g/mol. The molecule has 0 aliphatic carbocycles. The minimum Gasteiger partial charge on any atom is -0.340 e. The van der Waals surface area contributed by atoms with E-state index in [0.29, 0.717) is 11.6 Å². The molecule has 0 spiro atoms. The number of carbonyl (C=O) groups excluding carboxylic acids is 1. The first-order valence-electron chi connectivity index (χ1n) is 5.48. The second kappa shape index (κ2) is 7.23. The van der Waals surface area contributed by atoms with Gasteiger partial charge in [-0.3, -0.25) is 9.78 Å². The van der Waals surface area contributed by atoms with Crippen molar-refractivity contribution in [3.8, 4) is 0 Å². The fraction of sp³-hybridized carbons (Fsp3) is 0.500. The third-order valence-corrected chi connectivity index (χ3v) is 2.63. The number of amides is 1. The number of hydrogen-bond acceptors (Lipinski definition) is 2. The van der Waals surface area contributed by atoms with Crippen LogP contribution in [0.25, 0.3) is 0 Å². The molecule has 16 heavy (non-hydrogen) atoms. The Bertz CT molecular complexity index is 316. The molecular weight excluding hydrogens is 224 g/mol. The first-order chi connectivity index (χ1) is 7.75. The smallest absolute Gasteiger partial charge is 0.272 e. The summed E-state index contributed by atoms with van der Waals surface area (Å²) in [4.78, 5) is 17.6. The summed E-state index contributed by atoms with van der Waals surface area (Å²) in [6, 6.07) is 5.36. The molecule has 1 heterocycles. The summed E-state index contributed by atoms with van der Waals surface area (Å²) < 4.78 is 0. The van der Waals surface area contributed by atoms with Gasteiger partial charge in [-0.05, 0) is 25.0 Å². The van der Waals surface area contributed by atoms with Crippen LogP contribution < -0.4 is 0 Å². The lowest BCUT2D eigenvalue weighted by Crippen LogP contribution is -2.28. The monoisotopic (exact) mass is 240 g/mol. The highest BCUT2D eigenvalue weighted by atomic mass is 35.5. The van der Waals surface area contributed by atoms with Gasteiger partial charge in [0.1, 0.15) is 5.69 Å². The number of hydrogen-bond donors (Lipinski definition) is 0. The Kier molecular flexibility index (Phi) is 5.86. The van der Waals surface area contributed by atoms with Crippen molar-refractivity contribution in [2.75, 3.05) is 19.5 Å². The van der Waals surface area contributed by atoms with Crippen LogP contribution in [-0.4, -0.2) is 35.3 Å². The highest BCUT2D eigenvalue weighted by Gasteiger charge is 2.11. The van der Waals surface area contributed by atoms with Gasteiger partial charge in [0.05, 0.1) is 0 Å². The summed E-state index contributed by atoms with van der Waals surface area (Å²) in [5.41, 5.74) is 0.502. The van der Waals surface area contributed by atoms with E-state index in [1.165, 1.54) is 0 Å². The number of alkyl halides is 1. The Hall–Kier alpha value is -1.09. The van der Waals surface area contributed by atoms with Crippen molar-refractivity contribution in [3.05, 3.63) is 30.1 Å². The molecule has 0 radical (unpaired) electrons. The number of rotatable bonds is 6. The average Bonchev–Trinajstić information content (AvgIpc) is 2.34. The number of carbonyl (C=O) groups is 1. The molecule has 1 aromatic heterocycles. The summed E-state index contributed by atoms with van der Waals surface area (Å²) in [5, 5.41) is 0. The van der Waals surface area contributed by atoms with Crippen LogP contribution in [-0.2, 0) is 0 Å². The van der Waals surface area contributed by atoms with Crippen LogP contribution in [0.15, 0.2) is 24.4 Å². The molecule has 88 valence electrons. The zero-order valence-corrected chi connectivity index (χ0v) is 10.3. The number of aromatic nitrogens is 1. The lowest BCUT2D eigenvalue weighted by Gasteiger charge is -2.16. The van der Waals surface area contributed by atoms with E-state index >= 15 is 0 Å². The number of unbranched alkanes of at least 4 members (excludes halogenated alkanes) is 2. The molecule has 0 unspecified atom stereocenters.